The Morgan fingerprint density at radius 3 is 2.22 bits per heavy atom. The van der Waals surface area contributed by atoms with Crippen LogP contribution in [-0.2, 0) is 33.5 Å². The third kappa shape index (κ3) is 8.10. The number of Topliss-reactive ketones (excluding diaryl/α,β-unsaturated/α-hetero) is 1. The number of esters is 1. The number of amides is 4. The molecule has 0 bridgehead atoms. The number of carbonyl (C=O) groups excluding carboxylic acids is 6. The molecule has 3 N–H and O–H groups in total. The Morgan fingerprint density at radius 2 is 1.62 bits per heavy atom. The highest BCUT2D eigenvalue weighted by molar-refractivity contribution is 6.28. The number of ketones is 1. The van der Waals surface area contributed by atoms with Crippen molar-refractivity contribution in [3.05, 3.63) is 0 Å². The smallest absolute Gasteiger partial charge is 0.306 e. The second-order valence-electron chi connectivity index (χ2n) is 7.62. The van der Waals surface area contributed by atoms with Gasteiger partial charge < -0.3 is 25.6 Å². The van der Waals surface area contributed by atoms with Gasteiger partial charge in [0, 0.05) is 13.0 Å². The first kappa shape index (κ1) is 27.3. The Morgan fingerprint density at radius 1 is 0.969 bits per heavy atom. The molecule has 0 aliphatic carbocycles. The molecule has 0 saturated carbocycles. The van der Waals surface area contributed by atoms with Crippen LogP contribution in [-0.4, -0.2) is 84.0 Å². The van der Waals surface area contributed by atoms with Crippen LogP contribution in [0.25, 0.3) is 0 Å². The van der Waals surface area contributed by atoms with Gasteiger partial charge in [0.15, 0.2) is 5.78 Å². The Bertz CT molecular complexity index is 745. The average Bonchev–Trinajstić information content (AvgIpc) is 3.25. The van der Waals surface area contributed by atoms with Gasteiger partial charge in [0.05, 0.1) is 25.5 Å². The van der Waals surface area contributed by atoms with Crippen molar-refractivity contribution in [3.63, 3.8) is 0 Å². The summed E-state index contributed by atoms with van der Waals surface area (Å²) in [6.07, 6.45) is 0.800. The predicted molar refractivity (Wildman–Crippen MR) is 115 cm³/mol. The maximum absolute atomic E-state index is 12.8. The van der Waals surface area contributed by atoms with Gasteiger partial charge in [0.1, 0.15) is 18.1 Å². The lowest BCUT2D eigenvalue weighted by molar-refractivity contribution is -0.142. The molecule has 1 heterocycles. The molecule has 0 unspecified atom stereocenters. The lowest BCUT2D eigenvalue weighted by atomic mass is 10.1. The van der Waals surface area contributed by atoms with Crippen molar-refractivity contribution in [1.29, 1.82) is 0 Å². The monoisotopic (exact) mass is 474 g/mol. The van der Waals surface area contributed by atoms with Crippen LogP contribution in [0.4, 0.5) is 0 Å². The van der Waals surface area contributed by atoms with E-state index in [4.69, 9.17) is 11.6 Å². The van der Waals surface area contributed by atoms with Crippen LogP contribution in [0, 0.1) is 0 Å². The molecule has 12 heteroatoms. The summed E-state index contributed by atoms with van der Waals surface area (Å²) in [4.78, 5) is 73.6. The molecule has 0 aromatic rings. The number of hydrogen-bond donors (Lipinski definition) is 3. The number of carbonyl (C=O) groups is 6. The zero-order valence-corrected chi connectivity index (χ0v) is 19.5. The first-order valence-electron chi connectivity index (χ1n) is 10.4. The molecule has 4 amide bonds. The molecular weight excluding hydrogens is 444 g/mol. The number of ether oxygens (including phenoxy) is 1. The SMILES string of the molecule is COC(=O)CCC(=O)N[C@H](C)C(=O)N[C@H](C)C(=O)N1CCC[C@H]1C(=O)N[C@@H](C)C(=O)CCl. The molecule has 1 aliphatic heterocycles. The fraction of sp³-hybridized carbons (Fsp3) is 0.700. The standard InChI is InChI=1S/C20H31ClN4O7/c1-11(15(26)10-21)23-19(30)14-6-5-9-25(14)20(31)13(3)24-18(29)12(2)22-16(27)7-8-17(28)32-4/h11-14H,5-10H2,1-4H3,(H,22,27)(H,23,30)(H,24,29)/t11-,12+,13+,14-/m0/s1. The highest BCUT2D eigenvalue weighted by Gasteiger charge is 2.37. The quantitative estimate of drug-likeness (QED) is 0.263. The van der Waals surface area contributed by atoms with Gasteiger partial charge in [-0.25, -0.2) is 0 Å². The molecule has 1 rings (SSSR count). The predicted octanol–water partition coefficient (Wildman–Crippen LogP) is -0.747. The molecule has 1 saturated heterocycles. The van der Waals surface area contributed by atoms with E-state index in [1.54, 1.807) is 0 Å². The van der Waals surface area contributed by atoms with E-state index in [2.05, 4.69) is 20.7 Å². The number of nitrogens with one attached hydrogen (secondary N) is 3. The molecule has 0 spiro atoms. The van der Waals surface area contributed by atoms with E-state index in [9.17, 15) is 28.8 Å². The van der Waals surface area contributed by atoms with Gasteiger partial charge in [-0.3, -0.25) is 28.8 Å². The number of methoxy groups -OCH3 is 1. The van der Waals surface area contributed by atoms with Crippen LogP contribution in [0.3, 0.4) is 0 Å². The topological polar surface area (TPSA) is 151 Å². The van der Waals surface area contributed by atoms with E-state index in [0.29, 0.717) is 19.4 Å². The third-order valence-electron chi connectivity index (χ3n) is 5.10. The van der Waals surface area contributed by atoms with Gasteiger partial charge >= 0.3 is 5.97 Å². The van der Waals surface area contributed by atoms with Crippen molar-refractivity contribution in [3.8, 4) is 0 Å². The highest BCUT2D eigenvalue weighted by Crippen LogP contribution is 2.19. The molecule has 32 heavy (non-hydrogen) atoms. The van der Waals surface area contributed by atoms with Crippen molar-refractivity contribution in [2.24, 2.45) is 0 Å². The van der Waals surface area contributed by atoms with Gasteiger partial charge in [-0.05, 0) is 33.6 Å². The van der Waals surface area contributed by atoms with Crippen molar-refractivity contribution < 1.29 is 33.5 Å². The Labute approximate surface area is 191 Å². The second-order valence-corrected chi connectivity index (χ2v) is 7.88. The maximum atomic E-state index is 12.8. The summed E-state index contributed by atoms with van der Waals surface area (Å²) in [7, 11) is 1.21. The Balaban J connectivity index is 2.61. The summed E-state index contributed by atoms with van der Waals surface area (Å²) < 4.78 is 4.45. The molecule has 1 fully saturated rings. The second kappa shape index (κ2) is 13.0. The molecule has 1 aliphatic rings. The normalized spacial score (nSPS) is 18.2. The minimum absolute atomic E-state index is 0.112. The Kier molecular flexibility index (Phi) is 11.1. The zero-order chi connectivity index (χ0) is 24.4. The van der Waals surface area contributed by atoms with Gasteiger partial charge in [0.2, 0.25) is 23.6 Å². The van der Waals surface area contributed by atoms with Gasteiger partial charge in [-0.1, -0.05) is 0 Å². The minimum atomic E-state index is -0.938. The number of alkyl halides is 1. The maximum Gasteiger partial charge on any atom is 0.306 e. The number of rotatable bonds is 11. The van der Waals surface area contributed by atoms with E-state index >= 15 is 0 Å². The first-order chi connectivity index (χ1) is 15.0. The fourth-order valence-corrected chi connectivity index (χ4v) is 3.39. The molecule has 0 aromatic carbocycles. The lowest BCUT2D eigenvalue weighted by Crippen LogP contribution is -2.56. The molecule has 4 atom stereocenters. The zero-order valence-electron chi connectivity index (χ0n) is 18.7. The van der Waals surface area contributed by atoms with Crippen LogP contribution in [0.2, 0.25) is 0 Å². The van der Waals surface area contributed by atoms with E-state index in [1.807, 2.05) is 0 Å². The van der Waals surface area contributed by atoms with Crippen LogP contribution in [0.5, 0.6) is 0 Å². The molecule has 180 valence electrons. The molecular formula is C20H31ClN4O7. The van der Waals surface area contributed by atoms with Crippen molar-refractivity contribution in [2.75, 3.05) is 19.5 Å². The Hall–Kier alpha value is -2.69. The van der Waals surface area contributed by atoms with Crippen LogP contribution < -0.4 is 16.0 Å². The summed E-state index contributed by atoms with van der Waals surface area (Å²) in [5.74, 6) is -3.09. The third-order valence-corrected chi connectivity index (χ3v) is 5.36. The summed E-state index contributed by atoms with van der Waals surface area (Å²) in [5.41, 5.74) is 0. The van der Waals surface area contributed by atoms with Crippen LogP contribution in [0.15, 0.2) is 0 Å². The van der Waals surface area contributed by atoms with Crippen LogP contribution in [0.1, 0.15) is 46.5 Å². The summed E-state index contributed by atoms with van der Waals surface area (Å²) in [5, 5.41) is 7.54. The molecule has 11 nitrogen and oxygen atoms in total. The van der Waals surface area contributed by atoms with Gasteiger partial charge in [-0.15, -0.1) is 11.6 Å². The average molecular weight is 475 g/mol. The number of likely N-dealkylation sites (tertiary alicyclic amines) is 1. The molecule has 0 aromatic heterocycles. The van der Waals surface area contributed by atoms with Crippen LogP contribution >= 0.6 is 11.6 Å². The number of nitrogens with zero attached hydrogens (tertiary/aromatic N) is 1. The van der Waals surface area contributed by atoms with E-state index < -0.39 is 53.8 Å². The minimum Gasteiger partial charge on any atom is -0.469 e. The van der Waals surface area contributed by atoms with Gasteiger partial charge in [-0.2, -0.15) is 0 Å². The first-order valence-corrected chi connectivity index (χ1v) is 10.9. The summed E-state index contributed by atoms with van der Waals surface area (Å²) >= 11 is 5.50. The summed E-state index contributed by atoms with van der Waals surface area (Å²) in [6.45, 7) is 4.80. The lowest BCUT2D eigenvalue weighted by Gasteiger charge is -2.28. The van der Waals surface area contributed by atoms with Crippen molar-refractivity contribution in [2.45, 2.75) is 70.6 Å². The summed E-state index contributed by atoms with van der Waals surface area (Å²) in [6, 6.07) is -3.39. The van der Waals surface area contributed by atoms with Gasteiger partial charge in [0.25, 0.3) is 0 Å². The van der Waals surface area contributed by atoms with Crippen molar-refractivity contribution >= 4 is 47.0 Å². The largest absolute Gasteiger partial charge is 0.469 e. The van der Waals surface area contributed by atoms with E-state index in [1.165, 1.54) is 32.8 Å². The molecule has 0 radical (unpaired) electrons. The highest BCUT2D eigenvalue weighted by atomic mass is 35.5. The van der Waals surface area contributed by atoms with Crippen molar-refractivity contribution in [1.82, 2.24) is 20.9 Å². The number of halogens is 1. The van der Waals surface area contributed by atoms with E-state index in [-0.39, 0.29) is 24.5 Å². The fourth-order valence-electron chi connectivity index (χ4n) is 3.15. The number of hydrogen-bond acceptors (Lipinski definition) is 7. The van der Waals surface area contributed by atoms with E-state index in [0.717, 1.165) is 0 Å².